The first-order chi connectivity index (χ1) is 32.9. The molecule has 0 aromatic heterocycles. The van der Waals surface area contributed by atoms with E-state index in [9.17, 15) is 27.6 Å². The van der Waals surface area contributed by atoms with Crippen molar-refractivity contribution in [3.8, 4) is 24.7 Å². The summed E-state index contributed by atoms with van der Waals surface area (Å²) in [6.45, 7) is 12.6. The Bertz CT molecular complexity index is 2510. The highest BCUT2D eigenvalue weighted by atomic mass is 19.1. The maximum absolute atomic E-state index is 14.2. The Kier molecular flexibility index (Phi) is 15.9. The lowest BCUT2D eigenvalue weighted by Crippen LogP contribution is -2.45. The number of carbonyl (C=O) groups is 3. The fraction of sp³-hybridized carbons (Fsp3) is 0.466. The molecular weight excluding hydrogens is 882 g/mol. The van der Waals surface area contributed by atoms with E-state index in [4.69, 9.17) is 36.5 Å². The van der Waals surface area contributed by atoms with Gasteiger partial charge in [0.2, 0.25) is 0 Å². The highest BCUT2D eigenvalue weighted by Crippen LogP contribution is 2.49. The van der Waals surface area contributed by atoms with Crippen molar-refractivity contribution in [2.24, 2.45) is 29.6 Å². The van der Waals surface area contributed by atoms with E-state index >= 15 is 0 Å². The van der Waals surface area contributed by atoms with Crippen molar-refractivity contribution in [1.29, 1.82) is 0 Å². The summed E-state index contributed by atoms with van der Waals surface area (Å²) < 4.78 is 71.4. The monoisotopic (exact) mass is 944 g/mol. The second-order valence-electron chi connectivity index (χ2n) is 19.8. The molecule has 3 saturated heterocycles. The third kappa shape index (κ3) is 10.9. The summed E-state index contributed by atoms with van der Waals surface area (Å²) in [5, 5.41) is 0. The largest absolute Gasteiger partial charge is 0.469 e. The van der Waals surface area contributed by atoms with E-state index in [2.05, 4.69) is 18.8 Å². The van der Waals surface area contributed by atoms with E-state index in [-0.39, 0.29) is 78.0 Å². The summed E-state index contributed by atoms with van der Waals surface area (Å²) in [7, 11) is 0. The predicted molar refractivity (Wildman–Crippen MR) is 256 cm³/mol. The van der Waals surface area contributed by atoms with Gasteiger partial charge in [0.05, 0.1) is 12.2 Å². The minimum atomic E-state index is -0.702. The van der Waals surface area contributed by atoms with Crippen LogP contribution in [0.4, 0.5) is 13.2 Å². The molecule has 0 bridgehead atoms. The molecule has 9 rings (SSSR count). The molecule has 3 aromatic rings. The topological polar surface area (TPSA) is 97.4 Å². The van der Waals surface area contributed by atoms with Gasteiger partial charge in [0.15, 0.2) is 30.9 Å². The van der Waals surface area contributed by atoms with Crippen LogP contribution in [0, 0.1) is 92.5 Å². The minimum Gasteiger partial charge on any atom is -0.469 e. The number of fused-ring (bicyclic) bond motifs is 3. The second kappa shape index (κ2) is 21.5. The SMILES string of the molecule is C#CC[C@@H]1C[C@]2([C@@H](C)Cc3ccc(C)cc3F)OCOC2=CC1=O.C#CC[C@H]1C[C@]2([C@@H](C)Cc3ccc(C)cc3F)OCCC2=CC1=O.Cc1ccc(C[C@H](C)[C@]23CCC(=O)C=C2OCO3)c(F)c1. The lowest BCUT2D eigenvalue weighted by Gasteiger charge is -2.41. The molecule has 69 heavy (non-hydrogen) atoms. The van der Waals surface area contributed by atoms with Gasteiger partial charge >= 0.3 is 0 Å². The number of halogens is 3. The molecule has 0 N–H and O–H groups in total. The smallest absolute Gasteiger partial charge is 0.189 e. The summed E-state index contributed by atoms with van der Waals surface area (Å²) in [5.74, 6) is 5.53. The van der Waals surface area contributed by atoms with Gasteiger partial charge in [0.1, 0.15) is 40.2 Å². The lowest BCUT2D eigenvalue weighted by molar-refractivity contribution is -0.123. The molecule has 364 valence electrons. The van der Waals surface area contributed by atoms with Crippen molar-refractivity contribution in [1.82, 2.24) is 0 Å². The first-order valence-electron chi connectivity index (χ1n) is 24.0. The van der Waals surface area contributed by atoms with Crippen LogP contribution in [0.15, 0.2) is 89.9 Å². The molecule has 3 fully saturated rings. The Morgan fingerprint density at radius 2 is 1.03 bits per heavy atom. The normalized spacial score (nSPS) is 26.8. The number of ether oxygens (including phenoxy) is 5. The van der Waals surface area contributed by atoms with Crippen LogP contribution >= 0.6 is 0 Å². The molecule has 3 aromatic carbocycles. The molecule has 3 heterocycles. The highest BCUT2D eigenvalue weighted by Gasteiger charge is 2.53. The van der Waals surface area contributed by atoms with Crippen LogP contribution in [0.25, 0.3) is 0 Å². The summed E-state index contributed by atoms with van der Waals surface area (Å²) in [6, 6.07) is 15.9. The lowest BCUT2D eigenvalue weighted by atomic mass is 9.68. The number of hydrogen-bond donors (Lipinski definition) is 0. The fourth-order valence-electron chi connectivity index (χ4n) is 10.9. The van der Waals surface area contributed by atoms with Gasteiger partial charge in [-0.3, -0.25) is 14.4 Å². The van der Waals surface area contributed by atoms with E-state index in [1.54, 1.807) is 24.3 Å². The molecule has 8 atom stereocenters. The number of terminal acetylenes is 2. The Hall–Kier alpha value is -5.72. The predicted octanol–water partition coefficient (Wildman–Crippen LogP) is 10.9. The zero-order chi connectivity index (χ0) is 49.7. The third-order valence-electron chi connectivity index (χ3n) is 15.0. The number of aryl methyl sites for hydroxylation is 3. The van der Waals surface area contributed by atoms with Crippen LogP contribution < -0.4 is 0 Å². The van der Waals surface area contributed by atoms with Gasteiger partial charge in [-0.2, -0.15) is 0 Å². The van der Waals surface area contributed by atoms with Gasteiger partial charge in [0.25, 0.3) is 0 Å². The van der Waals surface area contributed by atoms with E-state index in [1.165, 1.54) is 12.1 Å². The van der Waals surface area contributed by atoms with Crippen molar-refractivity contribution < 1.29 is 51.2 Å². The van der Waals surface area contributed by atoms with Crippen molar-refractivity contribution in [3.63, 3.8) is 0 Å². The molecule has 0 radical (unpaired) electrons. The fourth-order valence-corrected chi connectivity index (χ4v) is 10.9. The van der Waals surface area contributed by atoms with Crippen LogP contribution in [-0.2, 0) is 57.3 Å². The first-order valence-corrected chi connectivity index (χ1v) is 24.0. The molecule has 8 nitrogen and oxygen atoms in total. The number of ketones is 3. The maximum atomic E-state index is 14.2. The van der Waals surface area contributed by atoms with Crippen molar-refractivity contribution >= 4 is 17.3 Å². The van der Waals surface area contributed by atoms with E-state index in [0.29, 0.717) is 92.6 Å². The number of allylic oxidation sites excluding steroid dienone is 3. The summed E-state index contributed by atoms with van der Waals surface area (Å²) in [4.78, 5) is 36.0. The van der Waals surface area contributed by atoms with E-state index in [1.807, 2.05) is 71.0 Å². The summed E-state index contributed by atoms with van der Waals surface area (Å²) in [5.41, 5.74) is 4.02. The molecule has 0 unspecified atom stereocenters. The number of rotatable bonds is 11. The van der Waals surface area contributed by atoms with E-state index < -0.39 is 16.8 Å². The van der Waals surface area contributed by atoms with Gasteiger partial charge in [-0.05, 0) is 147 Å². The van der Waals surface area contributed by atoms with Gasteiger partial charge < -0.3 is 23.7 Å². The summed E-state index contributed by atoms with van der Waals surface area (Å²) >= 11 is 0. The van der Waals surface area contributed by atoms with Crippen LogP contribution in [-0.4, -0.2) is 54.3 Å². The number of hydrogen-bond acceptors (Lipinski definition) is 8. The maximum Gasteiger partial charge on any atom is 0.189 e. The Morgan fingerprint density at radius 3 is 1.52 bits per heavy atom. The van der Waals surface area contributed by atoms with Crippen molar-refractivity contribution in [2.45, 2.75) is 123 Å². The number of benzene rings is 3. The third-order valence-corrected chi connectivity index (χ3v) is 15.0. The van der Waals surface area contributed by atoms with Gasteiger partial charge in [-0.1, -0.05) is 57.2 Å². The zero-order valence-electron chi connectivity index (χ0n) is 40.6. The molecular formula is C58H63F3O8. The standard InChI is InChI=1S/C21H23FO2.C20H21FO3.C17H19FO3/c1-4-5-17-13-21(18(8-9-24-21)12-20(17)23)15(3)11-16-7-6-14(2)10-19(16)22;1-4-5-16-11-20(19(10-18(16)22)23-12-24-20)14(3)9-15-7-6-13(2)8-17(15)21;1-11-3-4-13(15(18)7-11)8-12(2)17-6-5-14(19)9-16(17)20-10-21-17/h1,6-7,10,12,15,17H,5,8-9,11,13H2,2-3H3;1,6-8,10,14,16H,5,9,11-12H2,2-3H3;3-4,7,9,12H,5-6,8,10H2,1-2H3/t15-,17-,21+;14-,16+,20+;12-,17+/m000/s1. The Labute approximate surface area is 405 Å². The van der Waals surface area contributed by atoms with Crippen LogP contribution in [0.3, 0.4) is 0 Å². The molecule has 3 aliphatic carbocycles. The molecule has 0 amide bonds. The Balaban J connectivity index is 0.000000153. The molecule has 11 heteroatoms. The average Bonchev–Trinajstić information content (AvgIpc) is 4.05. The van der Waals surface area contributed by atoms with Gasteiger partial charge in [-0.15, -0.1) is 24.7 Å². The average molecular weight is 945 g/mol. The number of carbonyl (C=O) groups excluding carboxylic acids is 3. The van der Waals surface area contributed by atoms with Gasteiger partial charge in [0, 0.05) is 43.3 Å². The van der Waals surface area contributed by atoms with E-state index in [0.717, 1.165) is 28.7 Å². The van der Waals surface area contributed by atoms with Crippen molar-refractivity contribution in [3.05, 3.63) is 141 Å². The molecule has 0 saturated carbocycles. The highest BCUT2D eigenvalue weighted by molar-refractivity contribution is 5.95. The van der Waals surface area contributed by atoms with Crippen LogP contribution in [0.1, 0.15) is 99.1 Å². The van der Waals surface area contributed by atoms with Crippen LogP contribution in [0.2, 0.25) is 0 Å². The minimum absolute atomic E-state index is 0.0159. The van der Waals surface area contributed by atoms with Crippen molar-refractivity contribution in [2.75, 3.05) is 20.2 Å². The Morgan fingerprint density at radius 1 is 0.594 bits per heavy atom. The van der Waals surface area contributed by atoms with Crippen LogP contribution in [0.5, 0.6) is 0 Å². The van der Waals surface area contributed by atoms with Gasteiger partial charge in [-0.25, -0.2) is 13.2 Å². The molecule has 6 aliphatic rings. The summed E-state index contributed by atoms with van der Waals surface area (Å²) in [6.07, 6.45) is 21.0. The quantitative estimate of drug-likeness (QED) is 0.175. The zero-order valence-corrected chi connectivity index (χ0v) is 40.6. The molecule has 3 aliphatic heterocycles. The molecule has 0 spiro atoms. The first kappa shape index (κ1) is 51.1. The second-order valence-corrected chi connectivity index (χ2v) is 19.8.